The number of nitrogens with one attached hydrogen (secondary N) is 1. The van der Waals surface area contributed by atoms with Crippen LogP contribution in [0.4, 0.5) is 0 Å². The van der Waals surface area contributed by atoms with Gasteiger partial charge in [-0.25, -0.2) is 0 Å². The van der Waals surface area contributed by atoms with Crippen LogP contribution in [0.15, 0.2) is 46.9 Å². The molecule has 178 valence electrons. The summed E-state index contributed by atoms with van der Waals surface area (Å²) < 4.78 is 16.6. The number of hydrogen-bond donors (Lipinski definition) is 1. The number of furan rings is 1. The zero-order valence-electron chi connectivity index (χ0n) is 19.7. The normalized spacial score (nSPS) is 24.0. The predicted molar refractivity (Wildman–Crippen MR) is 126 cm³/mol. The summed E-state index contributed by atoms with van der Waals surface area (Å²) in [5, 5.41) is 3.36. The van der Waals surface area contributed by atoms with Crippen LogP contribution in [0.5, 0.6) is 0 Å². The Morgan fingerprint density at radius 3 is 2.52 bits per heavy atom. The SMILES string of the molecule is COCc1ccc(CN2CCC3(CC2)CC3C(=O)NCC2(c3ccccc3)CCOCC2)o1. The van der Waals surface area contributed by atoms with Crippen molar-refractivity contribution in [1.29, 1.82) is 0 Å². The number of ether oxygens (including phenoxy) is 2. The first-order valence-electron chi connectivity index (χ1n) is 12.3. The van der Waals surface area contributed by atoms with Crippen LogP contribution in [0.25, 0.3) is 0 Å². The molecule has 1 saturated carbocycles. The Labute approximate surface area is 196 Å². The van der Waals surface area contributed by atoms with Crippen molar-refractivity contribution in [3.05, 3.63) is 59.5 Å². The van der Waals surface area contributed by atoms with Crippen molar-refractivity contribution >= 4 is 5.91 Å². The summed E-state index contributed by atoms with van der Waals surface area (Å²) in [6, 6.07) is 14.7. The number of carbonyl (C=O) groups is 1. The Balaban J connectivity index is 1.12. The van der Waals surface area contributed by atoms with Gasteiger partial charge in [-0.05, 0) is 68.3 Å². The standard InChI is InChI=1S/C27H36N2O4/c1-31-19-23-8-7-22(33-23)18-29-13-9-26(10-14-29)17-24(26)25(30)28-20-27(11-15-32-16-12-27)21-5-3-2-4-6-21/h2-8,24H,9-20H2,1H3,(H,28,30). The quantitative estimate of drug-likeness (QED) is 0.658. The van der Waals surface area contributed by atoms with Crippen molar-refractivity contribution in [2.24, 2.45) is 11.3 Å². The molecule has 1 aromatic carbocycles. The van der Waals surface area contributed by atoms with Crippen LogP contribution in [0.3, 0.4) is 0 Å². The van der Waals surface area contributed by atoms with Gasteiger partial charge in [0, 0.05) is 38.2 Å². The first-order chi connectivity index (χ1) is 16.1. The molecular weight excluding hydrogens is 416 g/mol. The van der Waals surface area contributed by atoms with Crippen LogP contribution < -0.4 is 5.32 Å². The molecule has 1 amide bonds. The highest BCUT2D eigenvalue weighted by atomic mass is 16.5. The second kappa shape index (κ2) is 9.61. The lowest BCUT2D eigenvalue weighted by Gasteiger charge is -2.38. The van der Waals surface area contributed by atoms with Gasteiger partial charge >= 0.3 is 0 Å². The molecule has 5 rings (SSSR count). The van der Waals surface area contributed by atoms with E-state index in [4.69, 9.17) is 13.9 Å². The smallest absolute Gasteiger partial charge is 0.223 e. The van der Waals surface area contributed by atoms with Crippen LogP contribution in [0.1, 0.15) is 49.2 Å². The van der Waals surface area contributed by atoms with Gasteiger partial charge in [0.05, 0.1) is 6.54 Å². The highest BCUT2D eigenvalue weighted by molar-refractivity contribution is 5.82. The van der Waals surface area contributed by atoms with Crippen LogP contribution >= 0.6 is 0 Å². The van der Waals surface area contributed by atoms with Crippen LogP contribution in [-0.4, -0.2) is 50.8 Å². The summed E-state index contributed by atoms with van der Waals surface area (Å²) in [7, 11) is 1.68. The highest BCUT2D eigenvalue weighted by Crippen LogP contribution is 2.59. The number of nitrogens with zero attached hydrogens (tertiary/aromatic N) is 1. The van der Waals surface area contributed by atoms with Gasteiger partial charge in [-0.3, -0.25) is 9.69 Å². The van der Waals surface area contributed by atoms with E-state index in [0.29, 0.717) is 13.2 Å². The molecule has 1 spiro atoms. The predicted octanol–water partition coefficient (Wildman–Crippen LogP) is 3.89. The lowest BCUT2D eigenvalue weighted by atomic mass is 9.74. The van der Waals surface area contributed by atoms with Gasteiger partial charge < -0.3 is 19.2 Å². The number of benzene rings is 1. The maximum Gasteiger partial charge on any atom is 0.223 e. The van der Waals surface area contributed by atoms with Gasteiger partial charge in [-0.1, -0.05) is 30.3 Å². The van der Waals surface area contributed by atoms with Gasteiger partial charge in [0.1, 0.15) is 18.1 Å². The number of hydrogen-bond acceptors (Lipinski definition) is 5. The molecule has 1 aromatic heterocycles. The molecule has 2 saturated heterocycles. The summed E-state index contributed by atoms with van der Waals surface area (Å²) in [5.41, 5.74) is 1.52. The van der Waals surface area contributed by atoms with Gasteiger partial charge in [0.2, 0.25) is 5.91 Å². The second-order valence-corrected chi connectivity index (χ2v) is 10.2. The van der Waals surface area contributed by atoms with Crippen molar-refractivity contribution in [2.45, 2.75) is 50.7 Å². The molecule has 3 heterocycles. The van der Waals surface area contributed by atoms with Gasteiger partial charge in [0.25, 0.3) is 0 Å². The fourth-order valence-corrected chi connectivity index (χ4v) is 5.88. The zero-order valence-corrected chi connectivity index (χ0v) is 19.7. The minimum Gasteiger partial charge on any atom is -0.462 e. The van der Waals surface area contributed by atoms with Crippen LogP contribution in [0, 0.1) is 11.3 Å². The number of carbonyl (C=O) groups excluding carboxylic acids is 1. The Hall–Kier alpha value is -2.15. The molecule has 2 aliphatic heterocycles. The molecule has 2 aromatic rings. The van der Waals surface area contributed by atoms with Crippen molar-refractivity contribution in [2.75, 3.05) is 40.0 Å². The summed E-state index contributed by atoms with van der Waals surface area (Å²) in [6.07, 6.45) is 5.14. The third-order valence-corrected chi connectivity index (χ3v) is 8.18. The summed E-state index contributed by atoms with van der Waals surface area (Å²) in [5.74, 6) is 2.29. The van der Waals surface area contributed by atoms with E-state index >= 15 is 0 Å². The topological polar surface area (TPSA) is 63.9 Å². The van der Waals surface area contributed by atoms with Crippen LogP contribution in [0.2, 0.25) is 0 Å². The number of piperidine rings is 1. The van der Waals surface area contributed by atoms with Gasteiger partial charge in [-0.2, -0.15) is 0 Å². The average Bonchev–Trinajstić information content (AvgIpc) is 3.38. The van der Waals surface area contributed by atoms with Crippen molar-refractivity contribution in [3.8, 4) is 0 Å². The average molecular weight is 453 g/mol. The van der Waals surface area contributed by atoms with Gasteiger partial charge in [0.15, 0.2) is 0 Å². The molecule has 3 fully saturated rings. The highest BCUT2D eigenvalue weighted by Gasteiger charge is 2.58. The number of methoxy groups -OCH3 is 1. The molecule has 6 heteroatoms. The molecule has 1 aliphatic carbocycles. The van der Waals surface area contributed by atoms with Crippen molar-refractivity contribution < 1.29 is 18.7 Å². The molecule has 0 bridgehead atoms. The molecule has 3 aliphatic rings. The van der Waals surface area contributed by atoms with Crippen LogP contribution in [-0.2, 0) is 32.8 Å². The van der Waals surface area contributed by atoms with E-state index in [1.54, 1.807) is 7.11 Å². The lowest BCUT2D eigenvalue weighted by molar-refractivity contribution is -0.124. The molecule has 6 nitrogen and oxygen atoms in total. The fraction of sp³-hybridized carbons (Fsp3) is 0.593. The number of likely N-dealkylation sites (tertiary alicyclic amines) is 1. The molecule has 1 N–H and O–H groups in total. The minimum absolute atomic E-state index is 0.00863. The van der Waals surface area contributed by atoms with E-state index in [0.717, 1.165) is 76.5 Å². The second-order valence-electron chi connectivity index (χ2n) is 10.2. The van der Waals surface area contributed by atoms with E-state index < -0.39 is 0 Å². The van der Waals surface area contributed by atoms with Gasteiger partial charge in [-0.15, -0.1) is 0 Å². The summed E-state index contributed by atoms with van der Waals surface area (Å²) in [4.78, 5) is 15.6. The maximum atomic E-state index is 13.1. The Morgan fingerprint density at radius 1 is 1.06 bits per heavy atom. The third-order valence-electron chi connectivity index (χ3n) is 8.18. The Kier molecular flexibility index (Phi) is 6.59. The van der Waals surface area contributed by atoms with Crippen molar-refractivity contribution in [1.82, 2.24) is 10.2 Å². The molecular formula is C27H36N2O4. The van der Waals surface area contributed by atoms with E-state index in [2.05, 4.69) is 40.5 Å². The molecule has 33 heavy (non-hydrogen) atoms. The number of amides is 1. The third kappa shape index (κ3) is 4.88. The van der Waals surface area contributed by atoms with E-state index in [1.807, 2.05) is 12.1 Å². The summed E-state index contributed by atoms with van der Waals surface area (Å²) in [6.45, 7) is 5.62. The zero-order chi connectivity index (χ0) is 22.7. The van der Waals surface area contributed by atoms with E-state index in [1.165, 1.54) is 5.56 Å². The first kappa shape index (κ1) is 22.6. The molecule has 1 atom stereocenters. The molecule has 1 unspecified atom stereocenters. The van der Waals surface area contributed by atoms with Crippen molar-refractivity contribution in [3.63, 3.8) is 0 Å². The lowest BCUT2D eigenvalue weighted by Crippen LogP contribution is -2.45. The first-order valence-corrected chi connectivity index (χ1v) is 12.3. The minimum atomic E-state index is -0.00863. The monoisotopic (exact) mass is 452 g/mol. The Bertz CT molecular complexity index is 927. The fourth-order valence-electron chi connectivity index (χ4n) is 5.88. The number of rotatable bonds is 8. The van der Waals surface area contributed by atoms with E-state index in [9.17, 15) is 4.79 Å². The molecule has 0 radical (unpaired) electrons. The maximum absolute atomic E-state index is 13.1. The van der Waals surface area contributed by atoms with E-state index in [-0.39, 0.29) is 22.7 Å². The Morgan fingerprint density at radius 2 is 1.79 bits per heavy atom. The largest absolute Gasteiger partial charge is 0.462 e. The summed E-state index contributed by atoms with van der Waals surface area (Å²) >= 11 is 0.